The van der Waals surface area contributed by atoms with Crippen LogP contribution in [-0.2, 0) is 6.42 Å². The van der Waals surface area contributed by atoms with Crippen LogP contribution < -0.4 is 10.6 Å². The summed E-state index contributed by atoms with van der Waals surface area (Å²) in [6.07, 6.45) is 0.937. The summed E-state index contributed by atoms with van der Waals surface area (Å²) >= 11 is 7.03. The van der Waals surface area contributed by atoms with Gasteiger partial charge < -0.3 is 5.32 Å². The largest absolute Gasteiger partial charge is 0.332 e. The molecule has 0 saturated carbocycles. The van der Waals surface area contributed by atoms with Crippen LogP contribution >= 0.6 is 23.6 Å². The standard InChI is InChI=1S/C24H21N3OS2/c1-3-16-9-12-17(13-10-16)22(28)27-24(29)26-20-14-18(11-8-15(20)2)23-25-19-6-4-5-7-21(19)30-23/h4-14H,3H2,1-2H3,(H2,26,27,28,29). The number of amides is 1. The zero-order valence-electron chi connectivity index (χ0n) is 16.7. The SMILES string of the molecule is CCc1ccc(C(=O)NC(=S)Nc2cc(-c3nc4ccccc4s3)ccc2C)cc1. The fraction of sp³-hybridized carbons (Fsp3) is 0.125. The van der Waals surface area contributed by atoms with Crippen LogP contribution in [-0.4, -0.2) is 16.0 Å². The first-order chi connectivity index (χ1) is 14.5. The van der Waals surface area contributed by atoms with Crippen LogP contribution in [0.2, 0.25) is 0 Å². The quantitative estimate of drug-likeness (QED) is 0.391. The van der Waals surface area contributed by atoms with Crippen LogP contribution in [0.15, 0.2) is 66.7 Å². The molecular weight excluding hydrogens is 410 g/mol. The molecule has 0 aliphatic rings. The molecule has 30 heavy (non-hydrogen) atoms. The molecule has 0 aliphatic heterocycles. The summed E-state index contributed by atoms with van der Waals surface area (Å²) in [6.45, 7) is 4.08. The topological polar surface area (TPSA) is 54.0 Å². The summed E-state index contributed by atoms with van der Waals surface area (Å²) in [4.78, 5) is 17.2. The normalized spacial score (nSPS) is 10.7. The molecular formula is C24H21N3OS2. The van der Waals surface area contributed by atoms with E-state index in [1.165, 1.54) is 5.56 Å². The molecule has 0 spiro atoms. The Morgan fingerprint density at radius 1 is 1.07 bits per heavy atom. The van der Waals surface area contributed by atoms with Crippen LogP contribution in [0, 0.1) is 6.92 Å². The molecule has 150 valence electrons. The summed E-state index contributed by atoms with van der Waals surface area (Å²) in [5, 5.41) is 7.13. The third kappa shape index (κ3) is 4.40. The third-order valence-corrected chi connectivity index (χ3v) is 6.17. The molecule has 2 N–H and O–H groups in total. The number of nitrogens with zero attached hydrogens (tertiary/aromatic N) is 1. The lowest BCUT2D eigenvalue weighted by molar-refractivity contribution is 0.0977. The van der Waals surface area contributed by atoms with Crippen LogP contribution in [0.3, 0.4) is 0 Å². The second-order valence-corrected chi connectivity index (χ2v) is 8.41. The van der Waals surface area contributed by atoms with Gasteiger partial charge in [0.25, 0.3) is 5.91 Å². The summed E-state index contributed by atoms with van der Waals surface area (Å²) in [5.41, 5.74) is 5.64. The minimum Gasteiger partial charge on any atom is -0.332 e. The maximum absolute atomic E-state index is 12.5. The van der Waals surface area contributed by atoms with Gasteiger partial charge in [0.15, 0.2) is 5.11 Å². The predicted molar refractivity (Wildman–Crippen MR) is 129 cm³/mol. The number of rotatable bonds is 4. The summed E-state index contributed by atoms with van der Waals surface area (Å²) in [5.74, 6) is -0.227. The number of thiazole rings is 1. The molecule has 0 bridgehead atoms. The van der Waals surface area contributed by atoms with Crippen molar-refractivity contribution in [3.05, 3.63) is 83.4 Å². The Kier molecular flexibility index (Phi) is 5.88. The Morgan fingerprint density at radius 2 is 1.83 bits per heavy atom. The lowest BCUT2D eigenvalue weighted by atomic mass is 10.1. The van der Waals surface area contributed by atoms with Crippen molar-refractivity contribution in [3.8, 4) is 10.6 Å². The Bertz CT molecular complexity index is 1200. The van der Waals surface area contributed by atoms with E-state index in [4.69, 9.17) is 17.2 Å². The number of carbonyl (C=O) groups excluding carboxylic acids is 1. The summed E-state index contributed by atoms with van der Waals surface area (Å²) in [6, 6.07) is 21.7. The fourth-order valence-electron chi connectivity index (χ4n) is 3.11. The first-order valence-corrected chi connectivity index (χ1v) is 10.9. The van der Waals surface area contributed by atoms with E-state index in [1.54, 1.807) is 11.3 Å². The van der Waals surface area contributed by atoms with E-state index in [1.807, 2.05) is 61.5 Å². The van der Waals surface area contributed by atoms with Gasteiger partial charge in [-0.25, -0.2) is 4.98 Å². The minimum absolute atomic E-state index is 0.227. The highest BCUT2D eigenvalue weighted by Gasteiger charge is 2.11. The van der Waals surface area contributed by atoms with Crippen molar-refractivity contribution in [3.63, 3.8) is 0 Å². The van der Waals surface area contributed by atoms with E-state index in [2.05, 4.69) is 29.7 Å². The monoisotopic (exact) mass is 431 g/mol. The fourth-order valence-corrected chi connectivity index (χ4v) is 4.27. The zero-order chi connectivity index (χ0) is 21.1. The Labute approximate surface area is 185 Å². The predicted octanol–water partition coefficient (Wildman–Crippen LogP) is 5.96. The van der Waals surface area contributed by atoms with E-state index >= 15 is 0 Å². The van der Waals surface area contributed by atoms with Gasteiger partial charge in [0.1, 0.15) is 5.01 Å². The number of aromatic nitrogens is 1. The van der Waals surface area contributed by atoms with Crippen molar-refractivity contribution >= 4 is 50.5 Å². The van der Waals surface area contributed by atoms with Crippen LogP contribution in [0.1, 0.15) is 28.4 Å². The van der Waals surface area contributed by atoms with Crippen LogP contribution in [0.25, 0.3) is 20.8 Å². The highest BCUT2D eigenvalue weighted by Crippen LogP contribution is 2.32. The molecule has 0 radical (unpaired) electrons. The average Bonchev–Trinajstić information content (AvgIpc) is 3.19. The van der Waals surface area contributed by atoms with E-state index in [0.29, 0.717) is 5.56 Å². The van der Waals surface area contributed by atoms with Crippen molar-refractivity contribution in [1.82, 2.24) is 10.3 Å². The van der Waals surface area contributed by atoms with Gasteiger partial charge in [-0.1, -0.05) is 43.3 Å². The van der Waals surface area contributed by atoms with Gasteiger partial charge in [-0.2, -0.15) is 0 Å². The second-order valence-electron chi connectivity index (χ2n) is 6.98. The molecule has 1 amide bonds. The van der Waals surface area contributed by atoms with Crippen LogP contribution in [0.4, 0.5) is 5.69 Å². The highest BCUT2D eigenvalue weighted by molar-refractivity contribution is 7.80. The van der Waals surface area contributed by atoms with Gasteiger partial charge >= 0.3 is 0 Å². The first-order valence-electron chi connectivity index (χ1n) is 9.71. The molecule has 3 aromatic carbocycles. The van der Waals surface area contributed by atoms with Gasteiger partial charge in [-0.05, 0) is 67.0 Å². The first kappa shape index (κ1) is 20.2. The summed E-state index contributed by atoms with van der Waals surface area (Å²) < 4.78 is 1.15. The molecule has 6 heteroatoms. The van der Waals surface area contributed by atoms with Gasteiger partial charge in [-0.3, -0.25) is 10.1 Å². The van der Waals surface area contributed by atoms with Crippen molar-refractivity contribution in [1.29, 1.82) is 0 Å². The van der Waals surface area contributed by atoms with Gasteiger partial charge in [0.2, 0.25) is 0 Å². The maximum Gasteiger partial charge on any atom is 0.257 e. The van der Waals surface area contributed by atoms with E-state index in [-0.39, 0.29) is 11.0 Å². The molecule has 4 aromatic rings. The maximum atomic E-state index is 12.5. The second kappa shape index (κ2) is 8.73. The average molecular weight is 432 g/mol. The van der Waals surface area contributed by atoms with Crippen LogP contribution in [0.5, 0.6) is 0 Å². The van der Waals surface area contributed by atoms with Gasteiger partial charge in [-0.15, -0.1) is 11.3 Å². The lowest BCUT2D eigenvalue weighted by Crippen LogP contribution is -2.34. The number of para-hydroxylation sites is 1. The molecule has 0 fully saturated rings. The van der Waals surface area contributed by atoms with E-state index in [9.17, 15) is 4.79 Å². The van der Waals surface area contributed by atoms with Crippen molar-refractivity contribution < 1.29 is 4.79 Å². The third-order valence-electron chi connectivity index (χ3n) is 4.88. The number of thiocarbonyl (C=S) groups is 1. The molecule has 0 unspecified atom stereocenters. The molecule has 4 rings (SSSR count). The number of anilines is 1. The number of hydrogen-bond donors (Lipinski definition) is 2. The Balaban J connectivity index is 1.50. The molecule has 1 aromatic heterocycles. The minimum atomic E-state index is -0.227. The zero-order valence-corrected chi connectivity index (χ0v) is 18.4. The summed E-state index contributed by atoms with van der Waals surface area (Å²) in [7, 11) is 0. The number of aryl methyl sites for hydroxylation is 2. The van der Waals surface area contributed by atoms with E-state index < -0.39 is 0 Å². The smallest absolute Gasteiger partial charge is 0.257 e. The van der Waals surface area contributed by atoms with Gasteiger partial charge in [0.05, 0.1) is 10.2 Å². The molecule has 1 heterocycles. The number of nitrogens with one attached hydrogen (secondary N) is 2. The Hall–Kier alpha value is -3.09. The van der Waals surface area contributed by atoms with Crippen molar-refractivity contribution in [2.75, 3.05) is 5.32 Å². The number of carbonyl (C=O) groups is 1. The number of fused-ring (bicyclic) bond motifs is 1. The molecule has 4 nitrogen and oxygen atoms in total. The molecule has 0 aliphatic carbocycles. The highest BCUT2D eigenvalue weighted by atomic mass is 32.1. The molecule has 0 saturated heterocycles. The van der Waals surface area contributed by atoms with E-state index in [0.717, 1.165) is 38.5 Å². The van der Waals surface area contributed by atoms with Crippen molar-refractivity contribution in [2.45, 2.75) is 20.3 Å². The van der Waals surface area contributed by atoms with Crippen molar-refractivity contribution in [2.24, 2.45) is 0 Å². The number of benzene rings is 3. The Morgan fingerprint density at radius 3 is 2.57 bits per heavy atom. The molecule has 0 atom stereocenters. The number of hydrogen-bond acceptors (Lipinski definition) is 4. The lowest BCUT2D eigenvalue weighted by Gasteiger charge is -2.13. The van der Waals surface area contributed by atoms with Gasteiger partial charge in [0, 0.05) is 16.8 Å².